The number of carbonyl (C=O) groups is 1. The number of rotatable bonds is 11. The summed E-state index contributed by atoms with van der Waals surface area (Å²) < 4.78 is 16.4. The molecule has 0 aromatic heterocycles. The molecule has 0 aliphatic heterocycles. The summed E-state index contributed by atoms with van der Waals surface area (Å²) in [5, 5.41) is 3.04. The van der Waals surface area contributed by atoms with Crippen LogP contribution in [0.15, 0.2) is 30.3 Å². The van der Waals surface area contributed by atoms with Crippen molar-refractivity contribution in [1.29, 1.82) is 0 Å². The van der Waals surface area contributed by atoms with E-state index in [-0.39, 0.29) is 18.9 Å². The van der Waals surface area contributed by atoms with E-state index in [4.69, 9.17) is 19.0 Å². The van der Waals surface area contributed by atoms with Gasteiger partial charge < -0.3 is 24.3 Å². The molecule has 0 radical (unpaired) electrons. The fourth-order valence-corrected chi connectivity index (χ4v) is 3.77. The zero-order valence-electron chi connectivity index (χ0n) is 12.6. The van der Waals surface area contributed by atoms with Crippen LogP contribution in [0.4, 0.5) is 5.69 Å². The molecule has 21 heavy (non-hydrogen) atoms. The number of carbonyl (C=O) groups excluding carboxylic acids is 1. The number of anilines is 1. The van der Waals surface area contributed by atoms with E-state index >= 15 is 0 Å². The monoisotopic (exact) mass is 312 g/mol. The largest absolute Gasteiger partial charge is 0.500 e. The highest BCUT2D eigenvalue weighted by atomic mass is 28.4. The highest BCUT2D eigenvalue weighted by Gasteiger charge is 2.38. The van der Waals surface area contributed by atoms with Crippen LogP contribution >= 0.6 is 0 Å². The van der Waals surface area contributed by atoms with Crippen molar-refractivity contribution in [2.24, 2.45) is 5.73 Å². The molecule has 0 spiro atoms. The van der Waals surface area contributed by atoms with Gasteiger partial charge in [0.2, 0.25) is 0 Å². The lowest BCUT2D eigenvalue weighted by Crippen LogP contribution is -2.45. The van der Waals surface area contributed by atoms with E-state index in [1.54, 1.807) is 14.2 Å². The van der Waals surface area contributed by atoms with Crippen molar-refractivity contribution in [2.75, 3.05) is 39.2 Å². The molecule has 6 nitrogen and oxygen atoms in total. The summed E-state index contributed by atoms with van der Waals surface area (Å²) in [5.74, 6) is -0.0578. The van der Waals surface area contributed by atoms with Gasteiger partial charge in [-0.3, -0.25) is 4.79 Å². The molecular formula is C14H24N2O4Si. The first-order valence-electron chi connectivity index (χ1n) is 6.90. The van der Waals surface area contributed by atoms with E-state index < -0.39 is 8.80 Å². The topological polar surface area (TPSA) is 82.8 Å². The number of ketones is 1. The third kappa shape index (κ3) is 6.36. The smallest absolute Gasteiger partial charge is 0.378 e. The molecule has 0 unspecified atom stereocenters. The van der Waals surface area contributed by atoms with Crippen LogP contribution in [0.2, 0.25) is 6.04 Å². The van der Waals surface area contributed by atoms with E-state index in [0.717, 1.165) is 12.1 Å². The number of nitrogens with one attached hydrogen (secondary N) is 1. The Bertz CT molecular complexity index is 413. The zero-order chi connectivity index (χ0) is 15.6. The van der Waals surface area contributed by atoms with Gasteiger partial charge in [-0.1, -0.05) is 18.2 Å². The quantitative estimate of drug-likeness (QED) is 0.599. The van der Waals surface area contributed by atoms with Crippen molar-refractivity contribution in [3.63, 3.8) is 0 Å². The molecule has 0 aliphatic rings. The maximum atomic E-state index is 11.9. The second-order valence-corrected chi connectivity index (χ2v) is 7.50. The molecule has 0 heterocycles. The minimum absolute atomic E-state index is 0.0295. The first kappa shape index (κ1) is 17.8. The highest BCUT2D eigenvalue weighted by Crippen LogP contribution is 2.15. The summed E-state index contributed by atoms with van der Waals surface area (Å²) in [4.78, 5) is 11.9. The highest BCUT2D eigenvalue weighted by molar-refractivity contribution is 6.60. The van der Waals surface area contributed by atoms with Crippen LogP contribution in [0.25, 0.3) is 0 Å². The van der Waals surface area contributed by atoms with Crippen molar-refractivity contribution >= 4 is 20.3 Å². The normalized spacial score (nSPS) is 11.4. The fourth-order valence-electron chi connectivity index (χ4n) is 1.79. The molecule has 118 valence electrons. The van der Waals surface area contributed by atoms with Crippen LogP contribution < -0.4 is 11.1 Å². The third-order valence-corrected chi connectivity index (χ3v) is 5.82. The maximum Gasteiger partial charge on any atom is 0.500 e. The molecule has 0 fully saturated rings. The average Bonchev–Trinajstić information content (AvgIpc) is 2.55. The molecule has 1 aromatic carbocycles. The summed E-state index contributed by atoms with van der Waals surface area (Å²) in [6.45, 7) is 0.714. The lowest BCUT2D eigenvalue weighted by Gasteiger charge is -2.25. The Labute approximate surface area is 126 Å². The lowest BCUT2D eigenvalue weighted by molar-refractivity contribution is -0.120. The van der Waals surface area contributed by atoms with Crippen LogP contribution in [0.3, 0.4) is 0 Å². The standard InChI is InChI=1S/C14H24N2O4Si/c1-18-21(19-2,10-6-9-15)20-12-14(17)11-16-13-7-4-3-5-8-13/h3-5,7-8,16H,6,9-12,15H2,1-2H3. The number of hydrogen-bond acceptors (Lipinski definition) is 6. The summed E-state index contributed by atoms with van der Waals surface area (Å²) >= 11 is 0. The minimum Gasteiger partial charge on any atom is -0.378 e. The van der Waals surface area contributed by atoms with Crippen LogP contribution in [-0.2, 0) is 18.1 Å². The third-order valence-electron chi connectivity index (χ3n) is 3.03. The Morgan fingerprint density at radius 2 is 1.90 bits per heavy atom. The molecule has 1 rings (SSSR count). The lowest BCUT2D eigenvalue weighted by atomic mass is 10.3. The van der Waals surface area contributed by atoms with Gasteiger partial charge in [-0.25, -0.2) is 0 Å². The van der Waals surface area contributed by atoms with Crippen molar-refractivity contribution in [3.05, 3.63) is 30.3 Å². The second kappa shape index (κ2) is 9.64. The molecule has 0 saturated heterocycles. The first-order valence-corrected chi connectivity index (χ1v) is 8.84. The number of benzene rings is 1. The number of nitrogens with two attached hydrogens (primary N) is 1. The Morgan fingerprint density at radius 3 is 2.48 bits per heavy atom. The van der Waals surface area contributed by atoms with E-state index in [9.17, 15) is 4.79 Å². The van der Waals surface area contributed by atoms with Gasteiger partial charge in [0.15, 0.2) is 5.78 Å². The number of Topliss-reactive ketones (excluding diaryl/α,β-unsaturated/α-hetero) is 1. The minimum atomic E-state index is -2.76. The predicted octanol–water partition coefficient (Wildman–Crippen LogP) is 1.26. The molecular weight excluding hydrogens is 288 g/mol. The van der Waals surface area contributed by atoms with E-state index in [0.29, 0.717) is 12.6 Å². The molecule has 1 aromatic rings. The van der Waals surface area contributed by atoms with Crippen molar-refractivity contribution < 1.29 is 18.1 Å². The molecule has 7 heteroatoms. The fraction of sp³-hybridized carbons (Fsp3) is 0.500. The molecule has 0 saturated carbocycles. The molecule has 0 aliphatic carbocycles. The summed E-state index contributed by atoms with van der Waals surface area (Å²) in [6, 6.07) is 10.1. The number of hydrogen-bond donors (Lipinski definition) is 2. The van der Waals surface area contributed by atoms with Crippen LogP contribution in [0, 0.1) is 0 Å². The zero-order valence-corrected chi connectivity index (χ0v) is 13.6. The van der Waals surface area contributed by atoms with Gasteiger partial charge in [-0.05, 0) is 25.1 Å². The number of para-hydroxylation sites is 1. The van der Waals surface area contributed by atoms with E-state index in [1.807, 2.05) is 30.3 Å². The Balaban J connectivity index is 2.39. The Kier molecular flexibility index (Phi) is 8.17. The van der Waals surface area contributed by atoms with Crippen LogP contribution in [0.1, 0.15) is 6.42 Å². The molecule has 0 amide bonds. The maximum absolute atomic E-state index is 11.9. The van der Waals surface area contributed by atoms with Gasteiger partial charge in [-0.15, -0.1) is 0 Å². The van der Waals surface area contributed by atoms with Crippen molar-refractivity contribution in [1.82, 2.24) is 0 Å². The molecule has 0 bridgehead atoms. The average molecular weight is 312 g/mol. The van der Waals surface area contributed by atoms with Gasteiger partial charge in [0.1, 0.15) is 0 Å². The molecule has 0 atom stereocenters. The summed E-state index contributed by atoms with van der Waals surface area (Å²) in [6.07, 6.45) is 0.740. The first-order chi connectivity index (χ1) is 10.2. The Hall–Kier alpha value is -1.25. The van der Waals surface area contributed by atoms with Crippen LogP contribution in [-0.4, -0.2) is 48.5 Å². The van der Waals surface area contributed by atoms with E-state index in [1.165, 1.54) is 0 Å². The van der Waals surface area contributed by atoms with Gasteiger partial charge in [-0.2, -0.15) is 0 Å². The second-order valence-electron chi connectivity index (χ2n) is 4.53. The van der Waals surface area contributed by atoms with Crippen LogP contribution in [0.5, 0.6) is 0 Å². The molecule has 3 N–H and O–H groups in total. The van der Waals surface area contributed by atoms with Gasteiger partial charge in [0.25, 0.3) is 0 Å². The SMILES string of the molecule is CO[Si](CCCN)(OC)OCC(=O)CNc1ccccc1. The van der Waals surface area contributed by atoms with Gasteiger partial charge in [0.05, 0.1) is 13.2 Å². The van der Waals surface area contributed by atoms with E-state index in [2.05, 4.69) is 5.32 Å². The summed E-state index contributed by atoms with van der Waals surface area (Å²) in [5.41, 5.74) is 6.39. The summed E-state index contributed by atoms with van der Waals surface area (Å²) in [7, 11) is 0.317. The van der Waals surface area contributed by atoms with Gasteiger partial charge in [0, 0.05) is 26.0 Å². The predicted molar refractivity (Wildman–Crippen MR) is 84.1 cm³/mol. The Morgan fingerprint density at radius 1 is 1.24 bits per heavy atom. The van der Waals surface area contributed by atoms with Crippen molar-refractivity contribution in [2.45, 2.75) is 12.5 Å². The van der Waals surface area contributed by atoms with Gasteiger partial charge >= 0.3 is 8.80 Å². The van der Waals surface area contributed by atoms with Crippen molar-refractivity contribution in [3.8, 4) is 0 Å².